The summed E-state index contributed by atoms with van der Waals surface area (Å²) in [5, 5.41) is 0.594. The van der Waals surface area contributed by atoms with Gasteiger partial charge in [0.25, 0.3) is 0 Å². The summed E-state index contributed by atoms with van der Waals surface area (Å²) < 4.78 is 2.57. The number of aryl methyl sites for hydroxylation is 2. The number of nitrogens with one attached hydrogen (secondary N) is 1. The largest absolute Gasteiger partial charge is 0.329 e. The smallest absolute Gasteiger partial charge is 0.184 e. The molecule has 0 amide bonds. The van der Waals surface area contributed by atoms with E-state index in [1.807, 2.05) is 10.6 Å². The number of fused-ring (bicyclic) bond motifs is 1. The zero-order chi connectivity index (χ0) is 13.6. The molecule has 3 rings (SSSR count). The van der Waals surface area contributed by atoms with Gasteiger partial charge in [-0.05, 0) is 49.3 Å². The topological polar surface area (TPSA) is 33.6 Å². The molecule has 1 N–H and O–H groups in total. The molecule has 0 radical (unpaired) electrons. The van der Waals surface area contributed by atoms with Crippen molar-refractivity contribution in [2.75, 3.05) is 0 Å². The van der Waals surface area contributed by atoms with Crippen LogP contribution in [0.25, 0.3) is 16.9 Å². The van der Waals surface area contributed by atoms with Crippen LogP contribution in [0.4, 0.5) is 0 Å². The number of benzene rings is 1. The molecular weight excluding hydrogens is 278 g/mol. The second-order valence-corrected chi connectivity index (χ2v) is 5.40. The molecule has 0 saturated heterocycles. The molecule has 1 aromatic carbocycles. The molecule has 96 valence electrons. The Hall–Kier alpha value is -1.65. The third-order valence-corrected chi connectivity index (χ3v) is 3.59. The molecule has 3 aromatic rings. The van der Waals surface area contributed by atoms with Gasteiger partial charge in [0.05, 0.1) is 16.2 Å². The molecule has 2 aromatic heterocycles. The molecule has 0 aliphatic carbocycles. The Bertz CT molecular complexity index is 832. The van der Waals surface area contributed by atoms with E-state index in [1.54, 1.807) is 6.20 Å². The summed E-state index contributed by atoms with van der Waals surface area (Å²) >= 11 is 11.4. The Balaban J connectivity index is 2.39. The van der Waals surface area contributed by atoms with E-state index in [2.05, 4.69) is 42.0 Å². The van der Waals surface area contributed by atoms with Gasteiger partial charge in [-0.1, -0.05) is 23.7 Å². The molecule has 0 atom stereocenters. The van der Waals surface area contributed by atoms with Crippen LogP contribution in [0.2, 0.25) is 5.02 Å². The molecule has 0 bridgehead atoms. The first-order chi connectivity index (χ1) is 9.06. The number of rotatable bonds is 1. The number of pyridine rings is 1. The van der Waals surface area contributed by atoms with Crippen LogP contribution in [0, 0.1) is 18.6 Å². The molecule has 19 heavy (non-hydrogen) atoms. The van der Waals surface area contributed by atoms with Gasteiger partial charge in [0, 0.05) is 6.20 Å². The van der Waals surface area contributed by atoms with Crippen molar-refractivity contribution < 1.29 is 0 Å². The van der Waals surface area contributed by atoms with Gasteiger partial charge in [0.15, 0.2) is 10.4 Å². The van der Waals surface area contributed by atoms with Crippen LogP contribution in [0.1, 0.15) is 11.1 Å². The highest BCUT2D eigenvalue weighted by molar-refractivity contribution is 7.71. The summed E-state index contributed by atoms with van der Waals surface area (Å²) in [6, 6.07) is 8.11. The van der Waals surface area contributed by atoms with E-state index < -0.39 is 0 Å². The standard InChI is InChI=1S/C14H12ClN3S/c1-8-3-4-9(2)12(5-8)18-13-11(17-14(18)19)6-10(15)7-16-13/h3-7H,1-2H3,(H,17,19). The number of nitrogens with zero attached hydrogens (tertiary/aromatic N) is 2. The lowest BCUT2D eigenvalue weighted by Gasteiger charge is -2.08. The fourth-order valence-electron chi connectivity index (χ4n) is 2.15. The second kappa shape index (κ2) is 4.47. The Morgan fingerprint density at radius 2 is 2.05 bits per heavy atom. The van der Waals surface area contributed by atoms with Gasteiger partial charge in [-0.3, -0.25) is 4.57 Å². The lowest BCUT2D eigenvalue weighted by molar-refractivity contribution is 1.03. The van der Waals surface area contributed by atoms with E-state index in [1.165, 1.54) is 5.56 Å². The van der Waals surface area contributed by atoms with Crippen molar-refractivity contribution in [3.05, 3.63) is 51.4 Å². The third-order valence-electron chi connectivity index (χ3n) is 3.10. The van der Waals surface area contributed by atoms with Gasteiger partial charge >= 0.3 is 0 Å². The van der Waals surface area contributed by atoms with Crippen molar-refractivity contribution in [3.63, 3.8) is 0 Å². The maximum Gasteiger partial charge on any atom is 0.184 e. The van der Waals surface area contributed by atoms with E-state index in [0.29, 0.717) is 9.79 Å². The SMILES string of the molecule is Cc1ccc(C)c(-n2c(=S)[nH]c3cc(Cl)cnc32)c1. The van der Waals surface area contributed by atoms with E-state index in [4.69, 9.17) is 23.8 Å². The summed E-state index contributed by atoms with van der Waals surface area (Å²) in [5.74, 6) is 0. The monoisotopic (exact) mass is 289 g/mol. The molecular formula is C14H12ClN3S. The fourth-order valence-corrected chi connectivity index (χ4v) is 2.61. The Morgan fingerprint density at radius 1 is 1.26 bits per heavy atom. The van der Waals surface area contributed by atoms with Gasteiger partial charge < -0.3 is 4.98 Å². The maximum atomic E-state index is 5.96. The summed E-state index contributed by atoms with van der Waals surface area (Å²) in [4.78, 5) is 7.53. The van der Waals surface area contributed by atoms with Crippen LogP contribution in [-0.2, 0) is 0 Å². The molecule has 3 nitrogen and oxygen atoms in total. The fraction of sp³-hybridized carbons (Fsp3) is 0.143. The third kappa shape index (κ3) is 2.07. The highest BCUT2D eigenvalue weighted by atomic mass is 35.5. The zero-order valence-electron chi connectivity index (χ0n) is 10.6. The molecule has 0 spiro atoms. The Morgan fingerprint density at radius 3 is 2.84 bits per heavy atom. The number of hydrogen-bond acceptors (Lipinski definition) is 2. The first-order valence-electron chi connectivity index (χ1n) is 5.90. The first-order valence-corrected chi connectivity index (χ1v) is 6.69. The van der Waals surface area contributed by atoms with Crippen molar-refractivity contribution in [1.29, 1.82) is 0 Å². The van der Waals surface area contributed by atoms with Crippen LogP contribution < -0.4 is 0 Å². The highest BCUT2D eigenvalue weighted by Crippen LogP contribution is 2.23. The lowest BCUT2D eigenvalue weighted by atomic mass is 10.1. The van der Waals surface area contributed by atoms with Gasteiger partial charge in [-0.25, -0.2) is 4.98 Å². The van der Waals surface area contributed by atoms with Crippen LogP contribution in [0.5, 0.6) is 0 Å². The molecule has 0 fully saturated rings. The average Bonchev–Trinajstić information content (AvgIpc) is 2.67. The maximum absolute atomic E-state index is 5.96. The first kappa shape index (κ1) is 12.4. The number of imidazole rings is 1. The summed E-state index contributed by atoms with van der Waals surface area (Å²) in [6.45, 7) is 4.12. The zero-order valence-corrected chi connectivity index (χ0v) is 12.1. The van der Waals surface area contributed by atoms with Crippen molar-refractivity contribution >= 4 is 35.0 Å². The molecule has 0 unspecified atom stereocenters. The van der Waals surface area contributed by atoms with Gasteiger partial charge in [0.2, 0.25) is 0 Å². The van der Waals surface area contributed by atoms with E-state index in [0.717, 1.165) is 22.4 Å². The second-order valence-electron chi connectivity index (χ2n) is 4.58. The van der Waals surface area contributed by atoms with E-state index in [9.17, 15) is 0 Å². The van der Waals surface area contributed by atoms with Crippen LogP contribution >= 0.6 is 23.8 Å². The molecule has 2 heterocycles. The summed E-state index contributed by atoms with van der Waals surface area (Å²) in [7, 11) is 0. The van der Waals surface area contributed by atoms with Gasteiger partial charge in [0.1, 0.15) is 0 Å². The minimum Gasteiger partial charge on any atom is -0.329 e. The molecule has 5 heteroatoms. The number of H-pyrrole nitrogens is 1. The van der Waals surface area contributed by atoms with Crippen molar-refractivity contribution in [2.24, 2.45) is 0 Å². The van der Waals surface area contributed by atoms with Crippen LogP contribution in [0.15, 0.2) is 30.5 Å². The number of aromatic nitrogens is 3. The van der Waals surface area contributed by atoms with Crippen LogP contribution in [-0.4, -0.2) is 14.5 Å². The highest BCUT2D eigenvalue weighted by Gasteiger charge is 2.10. The number of aromatic amines is 1. The van der Waals surface area contributed by atoms with Crippen molar-refractivity contribution in [1.82, 2.24) is 14.5 Å². The van der Waals surface area contributed by atoms with E-state index >= 15 is 0 Å². The average molecular weight is 290 g/mol. The molecule has 0 aliphatic heterocycles. The van der Waals surface area contributed by atoms with Crippen molar-refractivity contribution in [3.8, 4) is 5.69 Å². The van der Waals surface area contributed by atoms with E-state index in [-0.39, 0.29) is 0 Å². The van der Waals surface area contributed by atoms with Crippen molar-refractivity contribution in [2.45, 2.75) is 13.8 Å². The molecule has 0 aliphatic rings. The normalized spacial score (nSPS) is 11.1. The minimum absolute atomic E-state index is 0.594. The minimum atomic E-state index is 0.594. The Kier molecular flexibility index (Phi) is 2.92. The predicted octanol–water partition coefficient (Wildman–Crippen LogP) is 4.35. The quantitative estimate of drug-likeness (QED) is 0.676. The predicted molar refractivity (Wildman–Crippen MR) is 80.7 cm³/mol. The molecule has 0 saturated carbocycles. The number of halogens is 1. The summed E-state index contributed by atoms with van der Waals surface area (Å²) in [5.41, 5.74) is 5.03. The Labute approximate surface area is 120 Å². The lowest BCUT2D eigenvalue weighted by Crippen LogP contribution is -1.98. The number of hydrogen-bond donors (Lipinski definition) is 1. The van der Waals surface area contributed by atoms with Crippen LogP contribution in [0.3, 0.4) is 0 Å². The van der Waals surface area contributed by atoms with Gasteiger partial charge in [-0.2, -0.15) is 0 Å². The summed E-state index contributed by atoms with van der Waals surface area (Å²) in [6.07, 6.45) is 1.63. The van der Waals surface area contributed by atoms with Gasteiger partial charge in [-0.15, -0.1) is 0 Å².